The zero-order valence-corrected chi connectivity index (χ0v) is 77.9. The third kappa shape index (κ3) is 38.8. The fourth-order valence-corrected chi connectivity index (χ4v) is 13.0. The Labute approximate surface area is 753 Å². The van der Waals surface area contributed by atoms with E-state index >= 15 is 0 Å². The Bertz CT molecular complexity index is 3950. The molecule has 36 nitrogen and oxygen atoms in total. The molecule has 8 rings (SSSR count). The predicted molar refractivity (Wildman–Crippen MR) is 471 cm³/mol. The van der Waals surface area contributed by atoms with Crippen LogP contribution in [0.3, 0.4) is 0 Å². The fourth-order valence-electron chi connectivity index (χ4n) is 13.0. The van der Waals surface area contributed by atoms with Crippen molar-refractivity contribution in [1.82, 2.24) is 24.9 Å². The van der Waals surface area contributed by atoms with Crippen LogP contribution in [0, 0.1) is 41.4 Å². The van der Waals surface area contributed by atoms with Crippen LogP contribution in [0.5, 0.6) is 46.0 Å². The van der Waals surface area contributed by atoms with Crippen molar-refractivity contribution in [3.05, 3.63) is 97.1 Å². The normalized spacial score (nSPS) is 17.8. The van der Waals surface area contributed by atoms with E-state index in [0.717, 1.165) is 0 Å². The minimum absolute atomic E-state index is 0.0788. The van der Waals surface area contributed by atoms with Gasteiger partial charge in [-0.15, -0.1) is 0 Å². The molecule has 11 atom stereocenters. The van der Waals surface area contributed by atoms with Gasteiger partial charge in [-0.1, -0.05) is 132 Å². The number of carbonyl (C=O) groups is 9. The largest absolute Gasteiger partial charge is 0.490 e. The summed E-state index contributed by atoms with van der Waals surface area (Å²) in [5.74, 6) is 2.48. The van der Waals surface area contributed by atoms with E-state index in [1.54, 1.807) is 26.8 Å². The van der Waals surface area contributed by atoms with Crippen molar-refractivity contribution >= 4 is 54.2 Å². The van der Waals surface area contributed by atoms with Gasteiger partial charge in [0.1, 0.15) is 56.9 Å². The number of nitrogens with one attached hydrogen (secondary N) is 1. The molecule has 0 aliphatic carbocycles. The number of esters is 4. The summed E-state index contributed by atoms with van der Waals surface area (Å²) < 4.78 is 110. The predicted octanol–water partition coefficient (Wildman–Crippen LogP) is 11.8. The topological polar surface area (TPSA) is 415 Å². The lowest BCUT2D eigenvalue weighted by molar-refractivity contribution is -0.174. The van der Waals surface area contributed by atoms with E-state index < -0.39 is 73.7 Å². The van der Waals surface area contributed by atoms with Crippen molar-refractivity contribution in [2.75, 3.05) is 145 Å². The number of hydrogen-bond acceptors (Lipinski definition) is 31. The first-order valence-electron chi connectivity index (χ1n) is 44.4. The summed E-state index contributed by atoms with van der Waals surface area (Å²) in [5, 5.41) is 2.64. The molecule has 0 spiro atoms. The first kappa shape index (κ1) is 108. The zero-order valence-electron chi connectivity index (χ0n) is 77.9. The molecule has 4 saturated heterocycles. The number of para-hydroxylation sites is 8. The van der Waals surface area contributed by atoms with Crippen molar-refractivity contribution in [3.8, 4) is 46.0 Å². The maximum absolute atomic E-state index is 12.7. The molecule has 4 heterocycles. The van der Waals surface area contributed by atoms with Crippen LogP contribution in [0.2, 0.25) is 0 Å². The van der Waals surface area contributed by atoms with Crippen molar-refractivity contribution in [2.24, 2.45) is 52.9 Å². The lowest BCUT2D eigenvalue weighted by atomic mass is 9.93. The number of ether oxygens (including phenoxy) is 20. The van der Waals surface area contributed by atoms with Crippen LogP contribution in [0.1, 0.15) is 144 Å². The third-order valence-corrected chi connectivity index (χ3v) is 20.4. The van der Waals surface area contributed by atoms with E-state index in [4.69, 9.17) is 106 Å². The molecular formula is C92H141N7O29. The molecule has 0 radical (unpaired) electrons. The van der Waals surface area contributed by atoms with Gasteiger partial charge in [-0.25, -0.2) is 24.0 Å². The third-order valence-electron chi connectivity index (χ3n) is 20.4. The number of benzene rings is 4. The van der Waals surface area contributed by atoms with Crippen LogP contribution in [-0.2, 0) is 80.8 Å². The number of carbonyl (C=O) groups excluding carboxylic acids is 9. The molecule has 4 fully saturated rings. The van der Waals surface area contributed by atoms with Crippen LogP contribution in [0.15, 0.2) is 97.1 Å². The average Bonchev–Trinajstić information content (AvgIpc) is 0.860. The molecule has 5 amide bonds. The maximum atomic E-state index is 12.7. The monoisotopic (exact) mass is 1810 g/mol. The summed E-state index contributed by atoms with van der Waals surface area (Å²) in [6.07, 6.45) is -4.26. The van der Waals surface area contributed by atoms with E-state index in [0.29, 0.717) is 158 Å². The first-order valence-corrected chi connectivity index (χ1v) is 44.4. The Morgan fingerprint density at radius 1 is 0.359 bits per heavy atom. The van der Waals surface area contributed by atoms with Gasteiger partial charge in [0.05, 0.1) is 103 Å². The van der Waals surface area contributed by atoms with Gasteiger partial charge in [0.25, 0.3) is 0 Å². The van der Waals surface area contributed by atoms with Crippen molar-refractivity contribution < 1.29 is 138 Å². The quantitative estimate of drug-likeness (QED) is 0.0211. The van der Waals surface area contributed by atoms with Crippen LogP contribution >= 0.6 is 0 Å². The molecule has 0 aromatic heterocycles. The summed E-state index contributed by atoms with van der Waals surface area (Å²) in [7, 11) is 0. The van der Waals surface area contributed by atoms with Gasteiger partial charge in [0.15, 0.2) is 46.0 Å². The second-order valence-electron chi connectivity index (χ2n) is 32.0. The Morgan fingerprint density at radius 3 is 0.945 bits per heavy atom. The van der Waals surface area contributed by atoms with Gasteiger partial charge >= 0.3 is 48.3 Å². The van der Waals surface area contributed by atoms with Crippen molar-refractivity contribution in [2.45, 2.75) is 199 Å². The molecule has 4 aliphatic heterocycles. The van der Waals surface area contributed by atoms with E-state index in [2.05, 4.69) is 5.32 Å². The van der Waals surface area contributed by atoms with Gasteiger partial charge < -0.3 is 131 Å². The van der Waals surface area contributed by atoms with E-state index in [1.807, 2.05) is 188 Å². The Balaban J connectivity index is 0.000000304. The number of morpholine rings is 4. The molecular weight excluding hydrogens is 1670 g/mol. The minimum Gasteiger partial charge on any atom is -0.490 e. The second-order valence-corrected chi connectivity index (χ2v) is 32.0. The van der Waals surface area contributed by atoms with E-state index in [1.165, 1.54) is 26.5 Å². The van der Waals surface area contributed by atoms with Gasteiger partial charge in [-0.2, -0.15) is 0 Å². The van der Waals surface area contributed by atoms with Crippen LogP contribution < -0.4 is 54.7 Å². The smallest absolute Gasteiger partial charge is 0.413 e. The Kier molecular flexibility index (Phi) is 49.6. The van der Waals surface area contributed by atoms with Crippen molar-refractivity contribution in [3.63, 3.8) is 0 Å². The highest BCUT2D eigenvalue weighted by Crippen LogP contribution is 2.32. The molecule has 718 valence electrons. The maximum Gasteiger partial charge on any atom is 0.413 e. The summed E-state index contributed by atoms with van der Waals surface area (Å²) in [6.45, 7) is 39.8. The van der Waals surface area contributed by atoms with E-state index in [9.17, 15) is 43.2 Å². The second kappa shape index (κ2) is 58.8. The number of hydrogen-bond donors (Lipinski definition) is 3. The lowest BCUT2D eigenvalue weighted by Gasteiger charge is -2.33. The SMILES string of the molecule is CCOc1ccccc1OCC1CN(C(=O)OC(C)OC(=O)C(CC)C(C)C)CCO1.CCOc1ccccc1OCC1CN(C(=O)OC(C)OC(=O)C(NC(=O)C(N)C(C)C)C(C)C)CCO1.CCOc1ccccc1OCC1CN(C(=O)OCOC(=O)C(CC)C(C)C)CCO1.CCOc1ccccc1OCC1CN(C(=O)OCOC(=O)CC(N)C(C)C)CCO1. The molecule has 5 N–H and O–H groups in total. The van der Waals surface area contributed by atoms with Crippen LogP contribution in [-0.4, -0.2) is 274 Å². The van der Waals surface area contributed by atoms with Gasteiger partial charge in [-0.05, 0) is 119 Å². The summed E-state index contributed by atoms with van der Waals surface area (Å²) in [6, 6.07) is 27.6. The Morgan fingerprint density at radius 2 is 0.656 bits per heavy atom. The number of nitrogens with zero attached hydrogens (tertiary/aromatic N) is 4. The molecule has 128 heavy (non-hydrogen) atoms. The van der Waals surface area contributed by atoms with Crippen LogP contribution in [0.25, 0.3) is 0 Å². The first-order chi connectivity index (χ1) is 61.2. The van der Waals surface area contributed by atoms with Gasteiger partial charge in [0, 0.05) is 46.1 Å². The van der Waals surface area contributed by atoms with Crippen LogP contribution in [0.4, 0.5) is 19.2 Å². The zero-order chi connectivity index (χ0) is 94.2. The molecule has 36 heteroatoms. The average molecular weight is 1810 g/mol. The summed E-state index contributed by atoms with van der Waals surface area (Å²) >= 11 is 0. The van der Waals surface area contributed by atoms with E-state index in [-0.39, 0.29) is 130 Å². The number of nitrogens with two attached hydrogens (primary N) is 2. The highest BCUT2D eigenvalue weighted by molar-refractivity contribution is 5.88. The van der Waals surface area contributed by atoms with Gasteiger partial charge in [-0.3, -0.25) is 19.2 Å². The Hall–Kier alpha value is -10.5. The highest BCUT2D eigenvalue weighted by atomic mass is 16.7. The molecule has 0 saturated carbocycles. The van der Waals surface area contributed by atoms with Crippen molar-refractivity contribution in [1.29, 1.82) is 0 Å². The summed E-state index contributed by atoms with van der Waals surface area (Å²) in [4.78, 5) is 117. The number of amides is 5. The molecule has 4 aromatic rings. The molecule has 4 aliphatic rings. The highest BCUT2D eigenvalue weighted by Gasteiger charge is 2.36. The fraction of sp³-hybridized carbons (Fsp3) is 0.641. The number of rotatable bonds is 42. The molecule has 11 unspecified atom stereocenters. The standard InChI is InChI=1S/C26H41N3O8.C23H35NO7.C22H33NO7.C21H32N2O7/c1-7-33-20-10-8-9-11-21(20)35-15-19-14-29(12-13-34-19)26(32)37-18(6)36-25(31)23(17(4)5)28-24(30)22(27)16(2)3;1-6-19(16(3)4)22(25)30-17(5)31-23(26)24-12-13-28-18(14-24)15-29-21-11-9-8-10-20(21)27-7-2;1-5-18(16(3)4)21(24)29-15-30-22(25)23-11-12-27-17(13-23)14-28-20-10-8-7-9-19(20)26-6-2;1-4-26-18-7-5-6-8-19(18)28-13-16-12-23(9-10-27-16)21(25)30-14-29-20(24)11-17(22)15(2)3/h8-11,16-19,22-23H,7,12-15,27H2,1-6H3,(H,28,30);8-11,16-19H,6-7,12-15H2,1-5H3;7-10,16-18H,5-6,11-15H2,1-4H3;5-8,15-17H,4,9-14,22H2,1-3H3. The summed E-state index contributed by atoms with van der Waals surface area (Å²) in [5.41, 5.74) is 11.7. The minimum atomic E-state index is -1.16. The van der Waals surface area contributed by atoms with Gasteiger partial charge in [0.2, 0.25) is 32.1 Å². The molecule has 0 bridgehead atoms. The lowest BCUT2D eigenvalue weighted by Crippen LogP contribution is -2.53. The molecule has 4 aromatic carbocycles.